The summed E-state index contributed by atoms with van der Waals surface area (Å²) in [6, 6.07) is 0. The first-order chi connectivity index (χ1) is 11.8. The molecule has 1 saturated heterocycles. The molecule has 0 bridgehead atoms. The van der Waals surface area contributed by atoms with E-state index in [1.807, 2.05) is 6.20 Å². The van der Waals surface area contributed by atoms with Gasteiger partial charge in [-0.1, -0.05) is 0 Å². The quantitative estimate of drug-likeness (QED) is 0.232. The summed E-state index contributed by atoms with van der Waals surface area (Å²) in [6.45, 7) is 9.95. The van der Waals surface area contributed by atoms with Crippen LogP contribution in [-0.4, -0.2) is 57.0 Å². The Bertz CT molecular complexity index is 493. The molecule has 0 amide bonds. The maximum absolute atomic E-state index is 5.70. The Morgan fingerprint density at radius 1 is 1.48 bits per heavy atom. The van der Waals surface area contributed by atoms with Crippen LogP contribution in [0.5, 0.6) is 0 Å². The van der Waals surface area contributed by atoms with Crippen LogP contribution in [0.2, 0.25) is 0 Å². The van der Waals surface area contributed by atoms with E-state index in [1.54, 1.807) is 11.3 Å². The van der Waals surface area contributed by atoms with Crippen molar-refractivity contribution in [3.63, 3.8) is 0 Å². The van der Waals surface area contributed by atoms with E-state index >= 15 is 0 Å². The molecule has 0 saturated carbocycles. The van der Waals surface area contributed by atoms with Crippen LogP contribution in [0.4, 0.5) is 0 Å². The lowest BCUT2D eigenvalue weighted by Crippen LogP contribution is -2.38. The Morgan fingerprint density at radius 3 is 3.04 bits per heavy atom. The molecule has 2 heterocycles. The summed E-state index contributed by atoms with van der Waals surface area (Å²) in [4.78, 5) is 10.2. The van der Waals surface area contributed by atoms with E-state index in [0.717, 1.165) is 71.3 Å². The Labute approximate surface area is 172 Å². The van der Waals surface area contributed by atoms with E-state index in [9.17, 15) is 0 Å². The fraction of sp³-hybridized carbons (Fsp3) is 0.765. The van der Waals surface area contributed by atoms with Crippen LogP contribution in [0, 0.1) is 12.8 Å². The summed E-state index contributed by atoms with van der Waals surface area (Å²) in [5.41, 5.74) is 0. The first-order valence-corrected chi connectivity index (χ1v) is 9.68. The highest BCUT2D eigenvalue weighted by molar-refractivity contribution is 14.0. The van der Waals surface area contributed by atoms with Gasteiger partial charge in [-0.2, -0.15) is 0 Å². The highest BCUT2D eigenvalue weighted by Crippen LogP contribution is 2.12. The van der Waals surface area contributed by atoms with Gasteiger partial charge in [0.05, 0.1) is 18.2 Å². The summed E-state index contributed by atoms with van der Waals surface area (Å²) < 4.78 is 11.0. The van der Waals surface area contributed by atoms with Gasteiger partial charge < -0.3 is 20.1 Å². The Morgan fingerprint density at radius 2 is 2.36 bits per heavy atom. The van der Waals surface area contributed by atoms with Gasteiger partial charge in [0.25, 0.3) is 0 Å². The maximum Gasteiger partial charge on any atom is 0.191 e. The maximum atomic E-state index is 5.70. The predicted octanol–water partition coefficient (Wildman–Crippen LogP) is 2.61. The molecule has 1 atom stereocenters. The van der Waals surface area contributed by atoms with Crippen molar-refractivity contribution in [2.75, 3.05) is 46.1 Å². The molecule has 1 aromatic heterocycles. The number of guanidine groups is 1. The first-order valence-electron chi connectivity index (χ1n) is 8.87. The molecule has 2 N–H and O–H groups in total. The summed E-state index contributed by atoms with van der Waals surface area (Å²) >= 11 is 1.75. The third-order valence-electron chi connectivity index (χ3n) is 3.74. The van der Waals surface area contributed by atoms with Crippen molar-refractivity contribution in [3.05, 3.63) is 16.1 Å². The van der Waals surface area contributed by atoms with Crippen LogP contribution in [0.1, 0.15) is 29.7 Å². The highest BCUT2D eigenvalue weighted by Gasteiger charge is 2.15. The van der Waals surface area contributed by atoms with Crippen LogP contribution in [-0.2, 0) is 15.9 Å². The topological polar surface area (TPSA) is 67.8 Å². The lowest BCUT2D eigenvalue weighted by Gasteiger charge is -2.11. The van der Waals surface area contributed by atoms with Gasteiger partial charge in [0.15, 0.2) is 5.96 Å². The molecule has 1 unspecified atom stereocenters. The lowest BCUT2D eigenvalue weighted by molar-refractivity contribution is 0.0893. The molecule has 1 aromatic rings. The molecular weight excluding hydrogens is 451 g/mol. The summed E-state index contributed by atoms with van der Waals surface area (Å²) in [5.74, 6) is 1.46. The molecule has 0 aliphatic carbocycles. The van der Waals surface area contributed by atoms with E-state index in [-0.39, 0.29) is 24.0 Å². The number of aryl methyl sites for hydroxylation is 1. The number of nitrogens with one attached hydrogen (secondary N) is 2. The number of ether oxygens (including phenoxy) is 2. The van der Waals surface area contributed by atoms with Crippen LogP contribution >= 0.6 is 35.3 Å². The molecule has 1 fully saturated rings. The minimum atomic E-state index is 0. The number of aliphatic imine (C=N–C) groups is 1. The molecule has 1 aliphatic heterocycles. The molecule has 1 aliphatic rings. The fourth-order valence-electron chi connectivity index (χ4n) is 2.47. The van der Waals surface area contributed by atoms with E-state index < -0.39 is 0 Å². The minimum Gasteiger partial charge on any atom is -0.381 e. The first kappa shape index (κ1) is 22.6. The van der Waals surface area contributed by atoms with Crippen molar-refractivity contribution < 1.29 is 9.47 Å². The van der Waals surface area contributed by atoms with Gasteiger partial charge in [0.2, 0.25) is 0 Å². The Kier molecular flexibility index (Phi) is 12.4. The van der Waals surface area contributed by atoms with Gasteiger partial charge in [-0.3, -0.25) is 4.99 Å². The average molecular weight is 482 g/mol. The average Bonchev–Trinajstić information content (AvgIpc) is 3.22. The predicted molar refractivity (Wildman–Crippen MR) is 114 cm³/mol. The zero-order valence-electron chi connectivity index (χ0n) is 15.3. The van der Waals surface area contributed by atoms with E-state index in [1.165, 1.54) is 9.88 Å². The SMILES string of the molecule is CCNC(=NCCCOCC1CCOC1)NCCc1ncc(C)s1.I. The van der Waals surface area contributed by atoms with Gasteiger partial charge >= 0.3 is 0 Å². The number of nitrogens with zero attached hydrogens (tertiary/aromatic N) is 2. The Hall–Kier alpha value is -0.450. The number of hydrogen-bond acceptors (Lipinski definition) is 5. The van der Waals surface area contributed by atoms with Crippen LogP contribution in [0.15, 0.2) is 11.2 Å². The minimum absolute atomic E-state index is 0. The number of rotatable bonds is 10. The summed E-state index contributed by atoms with van der Waals surface area (Å²) in [6.07, 6.45) is 4.92. The van der Waals surface area contributed by atoms with Crippen molar-refractivity contribution in [1.29, 1.82) is 0 Å². The molecule has 8 heteroatoms. The molecule has 0 aromatic carbocycles. The summed E-state index contributed by atoms with van der Waals surface area (Å²) in [5, 5.41) is 7.80. The smallest absolute Gasteiger partial charge is 0.191 e. The van der Waals surface area contributed by atoms with E-state index in [2.05, 4.69) is 34.5 Å². The lowest BCUT2D eigenvalue weighted by atomic mass is 10.1. The van der Waals surface area contributed by atoms with Gasteiger partial charge in [-0.25, -0.2) is 4.98 Å². The Balaban J connectivity index is 0.00000312. The van der Waals surface area contributed by atoms with Crippen LogP contribution in [0.3, 0.4) is 0 Å². The third kappa shape index (κ3) is 9.72. The fourth-order valence-corrected chi connectivity index (χ4v) is 3.26. The summed E-state index contributed by atoms with van der Waals surface area (Å²) in [7, 11) is 0. The van der Waals surface area contributed by atoms with Crippen LogP contribution < -0.4 is 10.6 Å². The second-order valence-electron chi connectivity index (χ2n) is 5.96. The number of hydrogen-bond donors (Lipinski definition) is 2. The molecular formula is C17H31IN4O2S. The van der Waals surface area contributed by atoms with Crippen molar-refractivity contribution in [2.45, 2.75) is 33.1 Å². The van der Waals surface area contributed by atoms with E-state index in [0.29, 0.717) is 5.92 Å². The zero-order valence-corrected chi connectivity index (χ0v) is 18.4. The second-order valence-corrected chi connectivity index (χ2v) is 7.28. The van der Waals surface area contributed by atoms with Gasteiger partial charge in [0, 0.05) is 56.3 Å². The highest BCUT2D eigenvalue weighted by atomic mass is 127. The largest absolute Gasteiger partial charge is 0.381 e. The van der Waals surface area contributed by atoms with Crippen LogP contribution in [0.25, 0.3) is 0 Å². The van der Waals surface area contributed by atoms with Crippen molar-refractivity contribution in [1.82, 2.24) is 15.6 Å². The molecule has 25 heavy (non-hydrogen) atoms. The molecule has 144 valence electrons. The normalized spacial score (nSPS) is 17.4. The molecule has 2 rings (SSSR count). The van der Waals surface area contributed by atoms with Crippen molar-refractivity contribution >= 4 is 41.3 Å². The van der Waals surface area contributed by atoms with E-state index in [4.69, 9.17) is 9.47 Å². The van der Waals surface area contributed by atoms with Crippen molar-refractivity contribution in [3.8, 4) is 0 Å². The number of halogens is 1. The standard InChI is InChI=1S/C17H30N4O2S.HI/c1-3-18-17(20-8-5-16-21-11-14(2)24-16)19-7-4-9-22-12-15-6-10-23-13-15;/h11,15H,3-10,12-13H2,1-2H3,(H2,18,19,20);1H. The molecule has 6 nitrogen and oxygen atoms in total. The number of thiazole rings is 1. The van der Waals surface area contributed by atoms with Crippen molar-refractivity contribution in [2.24, 2.45) is 10.9 Å². The van der Waals surface area contributed by atoms with Gasteiger partial charge in [-0.05, 0) is 26.7 Å². The van der Waals surface area contributed by atoms with Gasteiger partial charge in [0.1, 0.15) is 0 Å². The zero-order chi connectivity index (χ0) is 17.0. The molecule has 0 radical (unpaired) electrons. The monoisotopic (exact) mass is 482 g/mol. The third-order valence-corrected chi connectivity index (χ3v) is 4.71. The second kappa shape index (κ2) is 13.7. The van der Waals surface area contributed by atoms with Gasteiger partial charge in [-0.15, -0.1) is 35.3 Å². The molecule has 0 spiro atoms. The number of aromatic nitrogens is 1.